The minimum absolute atomic E-state index is 0.309. The minimum atomic E-state index is -0.747. The molecule has 2 N–H and O–H groups in total. The van der Waals surface area contributed by atoms with Gasteiger partial charge in [0.2, 0.25) is 0 Å². The molecule has 6 nitrogen and oxygen atoms in total. The number of hydrogen-bond acceptors (Lipinski definition) is 4. The Morgan fingerprint density at radius 2 is 1.58 bits per heavy atom. The normalized spacial score (nSPS) is 11.4. The third-order valence-corrected chi connectivity index (χ3v) is 5.13. The first-order valence-corrected chi connectivity index (χ1v) is 10.5. The van der Waals surface area contributed by atoms with Crippen LogP contribution < -0.4 is 20.1 Å². The van der Waals surface area contributed by atoms with Crippen molar-refractivity contribution in [2.75, 3.05) is 17.7 Å². The summed E-state index contributed by atoms with van der Waals surface area (Å²) in [5, 5.41) is 6.02. The summed E-state index contributed by atoms with van der Waals surface area (Å²) >= 11 is 9.42. The van der Waals surface area contributed by atoms with E-state index in [1.807, 2.05) is 0 Å². The summed E-state index contributed by atoms with van der Waals surface area (Å²) in [5.74, 6) is 0.275. The van der Waals surface area contributed by atoms with Crippen LogP contribution in [0.4, 0.5) is 11.4 Å². The minimum Gasteiger partial charge on any atom is -0.496 e. The Morgan fingerprint density at radius 3 is 2.23 bits per heavy atom. The second-order valence-corrected chi connectivity index (χ2v) is 7.88. The molecule has 0 radical (unpaired) electrons. The van der Waals surface area contributed by atoms with E-state index in [0.717, 1.165) is 4.47 Å². The number of carbonyl (C=O) groups is 2. The van der Waals surface area contributed by atoms with Gasteiger partial charge in [0.1, 0.15) is 11.5 Å². The molecular weight excluding hydrogens is 484 g/mol. The van der Waals surface area contributed by atoms with Gasteiger partial charge in [-0.3, -0.25) is 9.59 Å². The standard InChI is InChI=1S/C23H20BrClN2O4/c1-14(31-21-6-4-3-5-19(21)25)22(28)26-16-8-10-17(11-9-16)27-23(29)18-13-15(24)7-12-20(18)30-2/h3-14H,1-2H3,(H,26,28)(H,27,29). The molecule has 2 amide bonds. The van der Waals surface area contributed by atoms with E-state index in [0.29, 0.717) is 33.5 Å². The average molecular weight is 504 g/mol. The molecule has 0 spiro atoms. The molecule has 8 heteroatoms. The number of nitrogens with one attached hydrogen (secondary N) is 2. The Bertz CT molecular complexity index is 1090. The molecule has 0 aliphatic heterocycles. The highest BCUT2D eigenvalue weighted by Gasteiger charge is 2.17. The smallest absolute Gasteiger partial charge is 0.265 e. The van der Waals surface area contributed by atoms with Crippen LogP contribution in [0.1, 0.15) is 17.3 Å². The second-order valence-electron chi connectivity index (χ2n) is 6.56. The summed E-state index contributed by atoms with van der Waals surface area (Å²) in [6.07, 6.45) is -0.747. The summed E-state index contributed by atoms with van der Waals surface area (Å²) in [6.45, 7) is 1.64. The van der Waals surface area contributed by atoms with Crippen LogP contribution in [0.2, 0.25) is 5.02 Å². The monoisotopic (exact) mass is 502 g/mol. The maximum Gasteiger partial charge on any atom is 0.265 e. The lowest BCUT2D eigenvalue weighted by atomic mass is 10.2. The van der Waals surface area contributed by atoms with Gasteiger partial charge in [0.25, 0.3) is 11.8 Å². The van der Waals surface area contributed by atoms with E-state index in [1.165, 1.54) is 7.11 Å². The molecule has 0 aliphatic carbocycles. The molecule has 0 aliphatic rings. The van der Waals surface area contributed by atoms with Gasteiger partial charge in [0, 0.05) is 15.8 Å². The van der Waals surface area contributed by atoms with Gasteiger partial charge in [-0.1, -0.05) is 39.7 Å². The third-order valence-electron chi connectivity index (χ3n) is 4.33. The first kappa shape index (κ1) is 22.7. The number of methoxy groups -OCH3 is 1. The molecule has 0 heterocycles. The molecule has 1 atom stereocenters. The van der Waals surface area contributed by atoms with Crippen LogP contribution in [0.3, 0.4) is 0 Å². The van der Waals surface area contributed by atoms with Gasteiger partial charge in [0.05, 0.1) is 17.7 Å². The SMILES string of the molecule is COc1ccc(Br)cc1C(=O)Nc1ccc(NC(=O)C(C)Oc2ccccc2Cl)cc1. The molecule has 3 rings (SSSR count). The lowest BCUT2D eigenvalue weighted by Gasteiger charge is -2.16. The molecule has 3 aromatic carbocycles. The molecule has 0 bridgehead atoms. The Morgan fingerprint density at radius 1 is 0.935 bits per heavy atom. The van der Waals surface area contributed by atoms with Crippen LogP contribution in [-0.4, -0.2) is 25.0 Å². The van der Waals surface area contributed by atoms with Gasteiger partial charge >= 0.3 is 0 Å². The number of rotatable bonds is 7. The fourth-order valence-corrected chi connectivity index (χ4v) is 3.26. The molecule has 0 aromatic heterocycles. The van der Waals surface area contributed by atoms with Crippen LogP contribution in [0, 0.1) is 0 Å². The predicted molar refractivity (Wildman–Crippen MR) is 125 cm³/mol. The molecule has 160 valence electrons. The van der Waals surface area contributed by atoms with Gasteiger partial charge in [-0.15, -0.1) is 0 Å². The van der Waals surface area contributed by atoms with Crippen molar-refractivity contribution in [3.63, 3.8) is 0 Å². The Labute approximate surface area is 193 Å². The lowest BCUT2D eigenvalue weighted by Crippen LogP contribution is -2.30. The van der Waals surface area contributed by atoms with Gasteiger partial charge in [-0.05, 0) is 61.5 Å². The first-order valence-electron chi connectivity index (χ1n) is 9.34. The molecule has 0 saturated carbocycles. The highest BCUT2D eigenvalue weighted by Crippen LogP contribution is 2.26. The van der Waals surface area contributed by atoms with Crippen LogP contribution in [0.15, 0.2) is 71.2 Å². The van der Waals surface area contributed by atoms with E-state index in [1.54, 1.807) is 73.7 Å². The van der Waals surface area contributed by atoms with Gasteiger partial charge in [0.15, 0.2) is 6.10 Å². The fraction of sp³-hybridized carbons (Fsp3) is 0.130. The van der Waals surface area contributed by atoms with Gasteiger partial charge < -0.3 is 20.1 Å². The van der Waals surface area contributed by atoms with E-state index < -0.39 is 6.10 Å². The van der Waals surface area contributed by atoms with Gasteiger partial charge in [-0.25, -0.2) is 0 Å². The number of carbonyl (C=O) groups excluding carboxylic acids is 2. The van der Waals surface area contributed by atoms with Gasteiger partial charge in [-0.2, -0.15) is 0 Å². The summed E-state index contributed by atoms with van der Waals surface area (Å²) in [7, 11) is 1.51. The van der Waals surface area contributed by atoms with Crippen molar-refractivity contribution in [3.8, 4) is 11.5 Å². The maximum absolute atomic E-state index is 12.6. The van der Waals surface area contributed by atoms with Crippen molar-refractivity contribution in [2.45, 2.75) is 13.0 Å². The van der Waals surface area contributed by atoms with Crippen molar-refractivity contribution in [3.05, 3.63) is 81.8 Å². The zero-order valence-electron chi connectivity index (χ0n) is 16.8. The number of halogens is 2. The van der Waals surface area contributed by atoms with Crippen LogP contribution in [0.5, 0.6) is 11.5 Å². The predicted octanol–water partition coefficient (Wildman–Crippen LogP) is 5.77. The van der Waals surface area contributed by atoms with E-state index in [9.17, 15) is 9.59 Å². The first-order chi connectivity index (χ1) is 14.9. The van der Waals surface area contributed by atoms with Crippen molar-refractivity contribution >= 4 is 50.7 Å². The van der Waals surface area contributed by atoms with E-state index in [-0.39, 0.29) is 11.8 Å². The Kier molecular flexibility index (Phi) is 7.55. The summed E-state index contributed by atoms with van der Waals surface area (Å²) in [6, 6.07) is 18.9. The maximum atomic E-state index is 12.6. The molecule has 0 fully saturated rings. The van der Waals surface area contributed by atoms with E-state index >= 15 is 0 Å². The van der Waals surface area contributed by atoms with Crippen molar-refractivity contribution in [1.82, 2.24) is 0 Å². The second kappa shape index (κ2) is 10.3. The van der Waals surface area contributed by atoms with Crippen molar-refractivity contribution in [1.29, 1.82) is 0 Å². The summed E-state index contributed by atoms with van der Waals surface area (Å²) in [4.78, 5) is 25.0. The number of benzene rings is 3. The Balaban J connectivity index is 1.61. The van der Waals surface area contributed by atoms with Crippen LogP contribution in [0.25, 0.3) is 0 Å². The Hall–Kier alpha value is -3.03. The van der Waals surface area contributed by atoms with Crippen molar-refractivity contribution in [2.24, 2.45) is 0 Å². The quantitative estimate of drug-likeness (QED) is 0.429. The zero-order valence-corrected chi connectivity index (χ0v) is 19.2. The topological polar surface area (TPSA) is 76.7 Å². The molecule has 0 saturated heterocycles. The lowest BCUT2D eigenvalue weighted by molar-refractivity contribution is -0.122. The molecule has 1 unspecified atom stereocenters. The molecule has 31 heavy (non-hydrogen) atoms. The van der Waals surface area contributed by atoms with E-state index in [2.05, 4.69) is 26.6 Å². The fourth-order valence-electron chi connectivity index (χ4n) is 2.72. The number of ether oxygens (including phenoxy) is 2. The van der Waals surface area contributed by atoms with Crippen LogP contribution >= 0.6 is 27.5 Å². The largest absolute Gasteiger partial charge is 0.496 e. The average Bonchev–Trinajstić information content (AvgIpc) is 2.76. The van der Waals surface area contributed by atoms with Crippen molar-refractivity contribution < 1.29 is 19.1 Å². The number of amides is 2. The summed E-state index contributed by atoms with van der Waals surface area (Å²) in [5.41, 5.74) is 1.54. The number of hydrogen-bond donors (Lipinski definition) is 2. The number of anilines is 2. The zero-order chi connectivity index (χ0) is 22.4. The molecule has 3 aromatic rings. The van der Waals surface area contributed by atoms with E-state index in [4.69, 9.17) is 21.1 Å². The third kappa shape index (κ3) is 5.99. The molecular formula is C23H20BrClN2O4. The van der Waals surface area contributed by atoms with Crippen LogP contribution in [-0.2, 0) is 4.79 Å². The highest BCUT2D eigenvalue weighted by molar-refractivity contribution is 9.10. The summed E-state index contributed by atoms with van der Waals surface area (Å²) < 4.78 is 11.6. The number of para-hydroxylation sites is 1. The highest BCUT2D eigenvalue weighted by atomic mass is 79.9.